The van der Waals surface area contributed by atoms with Crippen LogP contribution in [0, 0.1) is 12.3 Å². The fourth-order valence-corrected chi connectivity index (χ4v) is 1.73. The Hall–Kier alpha value is -1.47. The van der Waals surface area contributed by atoms with E-state index in [1.165, 1.54) is 10.9 Å². The Morgan fingerprint density at radius 2 is 2.41 bits per heavy atom. The van der Waals surface area contributed by atoms with Gasteiger partial charge in [0, 0.05) is 6.04 Å². The van der Waals surface area contributed by atoms with Crippen molar-refractivity contribution in [1.82, 2.24) is 9.78 Å². The monoisotopic (exact) mass is 253 g/mol. The van der Waals surface area contributed by atoms with Crippen LogP contribution in [0.5, 0.6) is 0 Å². The fourth-order valence-electron chi connectivity index (χ4n) is 1.55. The maximum absolute atomic E-state index is 12.0. The van der Waals surface area contributed by atoms with E-state index in [9.17, 15) is 4.79 Å². The normalized spacial score (nSPS) is 11.9. The highest BCUT2D eigenvalue weighted by atomic mass is 35.5. The average Bonchev–Trinajstić information content (AvgIpc) is 2.29. The Kier molecular flexibility index (Phi) is 5.05. The molecule has 5 heteroatoms. The molecule has 0 saturated heterocycles. The van der Waals surface area contributed by atoms with Crippen molar-refractivity contribution < 1.29 is 0 Å². The van der Waals surface area contributed by atoms with Crippen molar-refractivity contribution in [1.29, 1.82) is 0 Å². The lowest BCUT2D eigenvalue weighted by atomic mass is 10.2. The molecule has 1 aromatic heterocycles. The van der Waals surface area contributed by atoms with Gasteiger partial charge in [-0.25, -0.2) is 4.68 Å². The van der Waals surface area contributed by atoms with Crippen molar-refractivity contribution in [3.05, 3.63) is 21.6 Å². The lowest BCUT2D eigenvalue weighted by Gasteiger charge is -2.15. The third-order valence-electron chi connectivity index (χ3n) is 2.35. The van der Waals surface area contributed by atoms with Crippen LogP contribution in [0.3, 0.4) is 0 Å². The molecule has 0 fully saturated rings. The molecule has 0 aliphatic carbocycles. The summed E-state index contributed by atoms with van der Waals surface area (Å²) in [6.07, 6.45) is 8.60. The molecular weight excluding hydrogens is 238 g/mol. The molecule has 1 N–H and O–H groups in total. The van der Waals surface area contributed by atoms with Crippen LogP contribution < -0.4 is 10.9 Å². The maximum Gasteiger partial charge on any atom is 0.292 e. The van der Waals surface area contributed by atoms with Gasteiger partial charge in [-0.15, -0.1) is 6.42 Å². The number of nitrogens with zero attached hydrogens (tertiary/aromatic N) is 2. The molecule has 1 rings (SSSR count). The van der Waals surface area contributed by atoms with E-state index in [1.807, 2.05) is 6.92 Å². The topological polar surface area (TPSA) is 46.9 Å². The van der Waals surface area contributed by atoms with Crippen LogP contribution in [0.1, 0.15) is 26.7 Å². The van der Waals surface area contributed by atoms with Crippen LogP contribution in [-0.2, 0) is 6.54 Å². The zero-order chi connectivity index (χ0) is 12.8. The molecule has 1 unspecified atom stereocenters. The average molecular weight is 254 g/mol. The van der Waals surface area contributed by atoms with Crippen molar-refractivity contribution in [3.63, 3.8) is 0 Å². The highest BCUT2D eigenvalue weighted by molar-refractivity contribution is 6.33. The fraction of sp³-hybridized carbons (Fsp3) is 0.500. The van der Waals surface area contributed by atoms with Gasteiger partial charge in [0.1, 0.15) is 12.2 Å². The molecule has 0 spiro atoms. The first kappa shape index (κ1) is 13.6. The zero-order valence-electron chi connectivity index (χ0n) is 10.0. The van der Waals surface area contributed by atoms with Crippen molar-refractivity contribution in [3.8, 4) is 12.3 Å². The molecule has 0 aliphatic heterocycles. The summed E-state index contributed by atoms with van der Waals surface area (Å²) in [4.78, 5) is 12.0. The van der Waals surface area contributed by atoms with E-state index in [0.717, 1.165) is 12.8 Å². The van der Waals surface area contributed by atoms with Crippen LogP contribution in [0.25, 0.3) is 0 Å². The minimum Gasteiger partial charge on any atom is -0.377 e. The van der Waals surface area contributed by atoms with E-state index < -0.39 is 0 Å². The largest absolute Gasteiger partial charge is 0.377 e. The van der Waals surface area contributed by atoms with E-state index in [2.05, 4.69) is 23.3 Å². The quantitative estimate of drug-likeness (QED) is 0.818. The van der Waals surface area contributed by atoms with Gasteiger partial charge in [-0.2, -0.15) is 5.10 Å². The van der Waals surface area contributed by atoms with Crippen LogP contribution in [-0.4, -0.2) is 15.8 Å². The van der Waals surface area contributed by atoms with Gasteiger partial charge >= 0.3 is 0 Å². The minimum absolute atomic E-state index is 0.146. The molecule has 92 valence electrons. The molecule has 0 saturated carbocycles. The molecule has 17 heavy (non-hydrogen) atoms. The van der Waals surface area contributed by atoms with E-state index in [1.54, 1.807) is 0 Å². The van der Waals surface area contributed by atoms with Gasteiger partial charge in [-0.1, -0.05) is 30.9 Å². The summed E-state index contributed by atoms with van der Waals surface area (Å²) in [7, 11) is 0. The molecule has 0 amide bonds. The highest BCUT2D eigenvalue weighted by Gasteiger charge is 2.11. The lowest BCUT2D eigenvalue weighted by Crippen LogP contribution is -2.28. The highest BCUT2D eigenvalue weighted by Crippen LogP contribution is 2.16. The molecule has 0 aliphatic rings. The Morgan fingerprint density at radius 1 is 1.71 bits per heavy atom. The summed E-state index contributed by atoms with van der Waals surface area (Å²) in [5, 5.41) is 7.30. The standard InChI is InChI=1S/C12H16ClN3O/c1-4-6-9(3)15-11-10(13)8-14-16(7-5-2)12(11)17/h2,8-9,15H,4,6-7H2,1,3H3. The molecular formula is C12H16ClN3O. The smallest absolute Gasteiger partial charge is 0.292 e. The third kappa shape index (κ3) is 3.50. The second-order valence-corrected chi connectivity index (χ2v) is 4.28. The molecule has 1 atom stereocenters. The SMILES string of the molecule is C#CCn1ncc(Cl)c(NC(C)CCC)c1=O. The predicted molar refractivity (Wildman–Crippen MR) is 70.3 cm³/mol. The minimum atomic E-state index is -0.279. The summed E-state index contributed by atoms with van der Waals surface area (Å²) in [6.45, 7) is 4.24. The van der Waals surface area contributed by atoms with Crippen molar-refractivity contribution in [2.75, 3.05) is 5.32 Å². The number of halogens is 1. The van der Waals surface area contributed by atoms with Gasteiger partial charge in [-0.05, 0) is 13.3 Å². The van der Waals surface area contributed by atoms with Gasteiger partial charge in [0.15, 0.2) is 0 Å². The Balaban J connectivity index is 3.02. The second kappa shape index (κ2) is 6.31. The zero-order valence-corrected chi connectivity index (χ0v) is 10.8. The maximum atomic E-state index is 12.0. The number of hydrogen-bond acceptors (Lipinski definition) is 3. The molecule has 0 aromatic carbocycles. The summed E-state index contributed by atoms with van der Waals surface area (Å²) >= 11 is 5.96. The van der Waals surface area contributed by atoms with E-state index >= 15 is 0 Å². The van der Waals surface area contributed by atoms with Crippen LogP contribution >= 0.6 is 11.6 Å². The summed E-state index contributed by atoms with van der Waals surface area (Å²) < 4.78 is 1.22. The summed E-state index contributed by atoms with van der Waals surface area (Å²) in [6, 6.07) is 0.187. The predicted octanol–water partition coefficient (Wildman–Crippen LogP) is 2.13. The van der Waals surface area contributed by atoms with E-state index in [-0.39, 0.29) is 18.1 Å². The van der Waals surface area contributed by atoms with Crippen LogP contribution in [0.4, 0.5) is 5.69 Å². The summed E-state index contributed by atoms with van der Waals surface area (Å²) in [5.74, 6) is 2.38. The molecule has 1 heterocycles. The van der Waals surface area contributed by atoms with Gasteiger partial charge in [0.25, 0.3) is 5.56 Å². The number of aromatic nitrogens is 2. The first-order valence-corrected chi connectivity index (χ1v) is 5.93. The van der Waals surface area contributed by atoms with E-state index in [0.29, 0.717) is 10.7 Å². The third-order valence-corrected chi connectivity index (χ3v) is 2.64. The van der Waals surface area contributed by atoms with Crippen molar-refractivity contribution >= 4 is 17.3 Å². The summed E-state index contributed by atoms with van der Waals surface area (Å²) in [5.41, 5.74) is 0.0938. The van der Waals surface area contributed by atoms with Crippen LogP contribution in [0.2, 0.25) is 5.02 Å². The second-order valence-electron chi connectivity index (χ2n) is 3.87. The number of terminal acetylenes is 1. The van der Waals surface area contributed by atoms with Gasteiger partial charge in [0.2, 0.25) is 0 Å². The van der Waals surface area contributed by atoms with Gasteiger partial charge in [-0.3, -0.25) is 4.79 Å². The lowest BCUT2D eigenvalue weighted by molar-refractivity contribution is 0.652. The van der Waals surface area contributed by atoms with Gasteiger partial charge in [0.05, 0.1) is 11.2 Å². The molecule has 0 radical (unpaired) electrons. The Morgan fingerprint density at radius 3 is 3.00 bits per heavy atom. The van der Waals surface area contributed by atoms with Crippen LogP contribution in [0.15, 0.2) is 11.0 Å². The van der Waals surface area contributed by atoms with Crippen molar-refractivity contribution in [2.45, 2.75) is 39.3 Å². The number of nitrogens with one attached hydrogen (secondary N) is 1. The molecule has 4 nitrogen and oxygen atoms in total. The number of anilines is 1. The Labute approximate surface area is 106 Å². The molecule has 1 aromatic rings. The first-order valence-electron chi connectivity index (χ1n) is 5.55. The van der Waals surface area contributed by atoms with E-state index in [4.69, 9.17) is 18.0 Å². The van der Waals surface area contributed by atoms with Crippen molar-refractivity contribution in [2.24, 2.45) is 0 Å². The number of rotatable bonds is 5. The molecule has 0 bridgehead atoms. The first-order chi connectivity index (χ1) is 8.10. The Bertz CT molecular complexity index is 476. The number of hydrogen-bond donors (Lipinski definition) is 1. The van der Waals surface area contributed by atoms with Gasteiger partial charge < -0.3 is 5.32 Å².